The number of anilines is 2. The highest BCUT2D eigenvalue weighted by atomic mass is 16.5. The second-order valence-electron chi connectivity index (χ2n) is 7.91. The molecule has 1 aliphatic heterocycles. The van der Waals surface area contributed by atoms with Crippen molar-refractivity contribution < 1.29 is 23.8 Å². The number of fused-ring (bicyclic) bond motifs is 1. The van der Waals surface area contributed by atoms with E-state index < -0.39 is 6.10 Å². The molecule has 1 heterocycles. The number of benzene rings is 2. The summed E-state index contributed by atoms with van der Waals surface area (Å²) < 4.78 is 17.1. The first-order valence-corrected chi connectivity index (χ1v) is 10.8. The lowest BCUT2D eigenvalue weighted by Crippen LogP contribution is -2.45. The van der Waals surface area contributed by atoms with E-state index in [0.717, 1.165) is 12.8 Å². The Kier molecular flexibility index (Phi) is 6.30. The third-order valence-corrected chi connectivity index (χ3v) is 5.68. The summed E-state index contributed by atoms with van der Waals surface area (Å²) in [5, 5.41) is 2.90. The van der Waals surface area contributed by atoms with Gasteiger partial charge < -0.3 is 24.4 Å². The predicted molar refractivity (Wildman–Crippen MR) is 118 cm³/mol. The third-order valence-electron chi connectivity index (χ3n) is 5.68. The minimum Gasteiger partial charge on any atom is -0.493 e. The largest absolute Gasteiger partial charge is 0.493 e. The summed E-state index contributed by atoms with van der Waals surface area (Å²) in [6.07, 6.45) is 4.19. The summed E-state index contributed by atoms with van der Waals surface area (Å²) in [7, 11) is 1.60. The van der Waals surface area contributed by atoms with Crippen molar-refractivity contribution in [2.75, 3.05) is 23.9 Å². The van der Waals surface area contributed by atoms with E-state index in [4.69, 9.17) is 14.2 Å². The van der Waals surface area contributed by atoms with Gasteiger partial charge in [0.1, 0.15) is 5.75 Å². The molecule has 0 aromatic heterocycles. The van der Waals surface area contributed by atoms with E-state index in [-0.39, 0.29) is 30.9 Å². The molecule has 7 heteroatoms. The van der Waals surface area contributed by atoms with Crippen LogP contribution in [0.4, 0.5) is 11.4 Å². The van der Waals surface area contributed by atoms with Gasteiger partial charge in [-0.3, -0.25) is 9.59 Å². The smallest absolute Gasteiger partial charge is 0.267 e. The number of amides is 2. The Hall–Kier alpha value is -3.22. The van der Waals surface area contributed by atoms with Gasteiger partial charge in [-0.05, 0) is 56.9 Å². The molecular weight excluding hydrogens is 396 g/mol. The van der Waals surface area contributed by atoms with Crippen molar-refractivity contribution in [2.24, 2.45) is 0 Å². The monoisotopic (exact) mass is 424 g/mol. The fraction of sp³-hybridized carbons (Fsp3) is 0.417. The predicted octanol–water partition coefficient (Wildman–Crippen LogP) is 4.16. The summed E-state index contributed by atoms with van der Waals surface area (Å²) in [6, 6.07) is 12.7. The number of para-hydroxylation sites is 2. The molecule has 0 radical (unpaired) electrons. The Morgan fingerprint density at radius 1 is 1.16 bits per heavy atom. The maximum atomic E-state index is 12.6. The molecule has 1 unspecified atom stereocenters. The number of ether oxygens (including phenoxy) is 3. The van der Waals surface area contributed by atoms with Gasteiger partial charge >= 0.3 is 0 Å². The first kappa shape index (κ1) is 21.0. The molecule has 1 aliphatic carbocycles. The number of hydrogen-bond acceptors (Lipinski definition) is 5. The summed E-state index contributed by atoms with van der Waals surface area (Å²) >= 11 is 0. The highest BCUT2D eigenvalue weighted by Gasteiger charge is 2.31. The van der Waals surface area contributed by atoms with Crippen molar-refractivity contribution >= 4 is 23.2 Å². The lowest BCUT2D eigenvalue weighted by molar-refractivity contribution is -0.125. The van der Waals surface area contributed by atoms with Gasteiger partial charge in [0.15, 0.2) is 17.6 Å². The zero-order chi connectivity index (χ0) is 21.8. The Bertz CT molecular complexity index is 955. The SMILES string of the molecule is COc1ccc(NC(=O)CCN2C(=O)C(C)Oc3ccccc32)cc1OC1CCCC1. The topological polar surface area (TPSA) is 77.1 Å². The van der Waals surface area contributed by atoms with Gasteiger partial charge in [-0.25, -0.2) is 0 Å². The van der Waals surface area contributed by atoms with Crippen LogP contribution in [0.5, 0.6) is 17.2 Å². The maximum Gasteiger partial charge on any atom is 0.267 e. The van der Waals surface area contributed by atoms with E-state index in [1.807, 2.05) is 24.3 Å². The lowest BCUT2D eigenvalue weighted by atomic mass is 10.1. The number of nitrogens with one attached hydrogen (secondary N) is 1. The van der Waals surface area contributed by atoms with E-state index in [1.54, 1.807) is 37.1 Å². The van der Waals surface area contributed by atoms with Crippen LogP contribution < -0.4 is 24.4 Å². The first-order chi connectivity index (χ1) is 15.0. The van der Waals surface area contributed by atoms with Crippen LogP contribution in [-0.2, 0) is 9.59 Å². The minimum absolute atomic E-state index is 0.150. The van der Waals surface area contributed by atoms with Crippen LogP contribution in [0.25, 0.3) is 0 Å². The van der Waals surface area contributed by atoms with E-state index in [2.05, 4.69) is 5.32 Å². The van der Waals surface area contributed by atoms with Crippen LogP contribution in [0, 0.1) is 0 Å². The van der Waals surface area contributed by atoms with Gasteiger partial charge in [-0.1, -0.05) is 12.1 Å². The summed E-state index contributed by atoms with van der Waals surface area (Å²) in [5.74, 6) is 1.61. The lowest BCUT2D eigenvalue weighted by Gasteiger charge is -2.32. The molecule has 31 heavy (non-hydrogen) atoms. The molecule has 2 aliphatic rings. The van der Waals surface area contributed by atoms with Crippen molar-refractivity contribution in [3.05, 3.63) is 42.5 Å². The zero-order valence-electron chi connectivity index (χ0n) is 17.9. The Labute approximate surface area is 182 Å². The van der Waals surface area contributed by atoms with Gasteiger partial charge in [0.05, 0.1) is 18.9 Å². The zero-order valence-corrected chi connectivity index (χ0v) is 17.9. The van der Waals surface area contributed by atoms with E-state index >= 15 is 0 Å². The molecular formula is C24H28N2O5. The van der Waals surface area contributed by atoms with Crippen molar-refractivity contribution in [1.82, 2.24) is 0 Å². The normalized spacial score (nSPS) is 18.3. The fourth-order valence-electron chi connectivity index (χ4n) is 4.06. The quantitative estimate of drug-likeness (QED) is 0.722. The fourth-order valence-corrected chi connectivity index (χ4v) is 4.06. The van der Waals surface area contributed by atoms with E-state index in [0.29, 0.717) is 28.6 Å². The average molecular weight is 424 g/mol. The van der Waals surface area contributed by atoms with Crippen LogP contribution in [-0.4, -0.2) is 37.7 Å². The molecule has 1 fully saturated rings. The molecule has 1 saturated carbocycles. The molecule has 2 aromatic carbocycles. The number of methoxy groups -OCH3 is 1. The van der Waals surface area contributed by atoms with Crippen LogP contribution in [0.3, 0.4) is 0 Å². The van der Waals surface area contributed by atoms with Gasteiger partial charge in [0.2, 0.25) is 5.91 Å². The van der Waals surface area contributed by atoms with E-state index in [1.165, 1.54) is 12.8 Å². The molecule has 2 aromatic rings. The van der Waals surface area contributed by atoms with Gasteiger partial charge in [0.25, 0.3) is 5.91 Å². The van der Waals surface area contributed by atoms with Crippen molar-refractivity contribution in [2.45, 2.75) is 51.2 Å². The molecule has 164 valence electrons. The number of carbonyl (C=O) groups excluding carboxylic acids is 2. The molecule has 1 atom stereocenters. The summed E-state index contributed by atoms with van der Waals surface area (Å²) in [6.45, 7) is 1.99. The number of nitrogens with zero attached hydrogens (tertiary/aromatic N) is 1. The van der Waals surface area contributed by atoms with Crippen LogP contribution in [0.2, 0.25) is 0 Å². The van der Waals surface area contributed by atoms with Gasteiger partial charge in [-0.2, -0.15) is 0 Å². The van der Waals surface area contributed by atoms with Gasteiger partial charge in [-0.15, -0.1) is 0 Å². The molecule has 0 spiro atoms. The molecule has 4 rings (SSSR count). The van der Waals surface area contributed by atoms with Crippen molar-refractivity contribution in [3.63, 3.8) is 0 Å². The second-order valence-corrected chi connectivity index (χ2v) is 7.91. The van der Waals surface area contributed by atoms with Crippen molar-refractivity contribution in [1.29, 1.82) is 0 Å². The van der Waals surface area contributed by atoms with Crippen LogP contribution in [0.15, 0.2) is 42.5 Å². The highest BCUT2D eigenvalue weighted by Crippen LogP contribution is 2.35. The number of hydrogen-bond donors (Lipinski definition) is 1. The van der Waals surface area contributed by atoms with Crippen LogP contribution in [0.1, 0.15) is 39.0 Å². The Morgan fingerprint density at radius 2 is 1.94 bits per heavy atom. The minimum atomic E-state index is -0.574. The Morgan fingerprint density at radius 3 is 2.71 bits per heavy atom. The highest BCUT2D eigenvalue weighted by molar-refractivity contribution is 6.00. The summed E-state index contributed by atoms with van der Waals surface area (Å²) in [5.41, 5.74) is 1.33. The standard InChI is InChI=1S/C24H28N2O5/c1-16-24(28)26(19-9-5-6-10-20(19)30-16)14-13-23(27)25-17-11-12-21(29-2)22(15-17)31-18-7-3-4-8-18/h5-6,9-12,15-16,18H,3-4,7-8,13-14H2,1-2H3,(H,25,27). The van der Waals surface area contributed by atoms with Gasteiger partial charge in [0, 0.05) is 24.7 Å². The second kappa shape index (κ2) is 9.29. The molecule has 2 amide bonds. The van der Waals surface area contributed by atoms with Crippen molar-refractivity contribution in [3.8, 4) is 17.2 Å². The summed E-state index contributed by atoms with van der Waals surface area (Å²) in [4.78, 5) is 26.8. The molecule has 0 bridgehead atoms. The van der Waals surface area contributed by atoms with E-state index in [9.17, 15) is 9.59 Å². The average Bonchev–Trinajstić information content (AvgIpc) is 3.27. The first-order valence-electron chi connectivity index (χ1n) is 10.8. The molecule has 1 N–H and O–H groups in total. The number of carbonyl (C=O) groups is 2. The third kappa shape index (κ3) is 4.76. The Balaban J connectivity index is 1.40. The molecule has 7 nitrogen and oxygen atoms in total. The number of rotatable bonds is 7. The maximum absolute atomic E-state index is 12.6. The molecule has 0 saturated heterocycles. The van der Waals surface area contributed by atoms with Crippen LogP contribution >= 0.6 is 0 Å².